The van der Waals surface area contributed by atoms with Gasteiger partial charge in [-0.1, -0.05) is 29.9 Å². The summed E-state index contributed by atoms with van der Waals surface area (Å²) in [5, 5.41) is 0.420. The van der Waals surface area contributed by atoms with Crippen LogP contribution in [0.5, 0.6) is 11.5 Å². The summed E-state index contributed by atoms with van der Waals surface area (Å²) in [6.45, 7) is 0. The largest absolute Gasteiger partial charge is 0.457 e. The molecule has 7 heteroatoms. The first-order chi connectivity index (χ1) is 9.77. The fourth-order valence-corrected chi connectivity index (χ4v) is 2.06. The summed E-state index contributed by atoms with van der Waals surface area (Å²) < 4.78 is 44.4. The van der Waals surface area contributed by atoms with Gasteiger partial charge in [-0.3, -0.25) is 0 Å². The number of ether oxygens (including phenoxy) is 1. The molecule has 0 heterocycles. The second-order valence-electron chi connectivity index (χ2n) is 4.13. The summed E-state index contributed by atoms with van der Waals surface area (Å²) in [6.07, 6.45) is -4.58. The number of hydrogen-bond donors (Lipinski definition) is 1. The van der Waals surface area contributed by atoms with Crippen molar-refractivity contribution in [1.29, 1.82) is 0 Å². The van der Waals surface area contributed by atoms with Gasteiger partial charge in [-0.05, 0) is 36.4 Å². The molecule has 2 nitrogen and oxygen atoms in total. The van der Waals surface area contributed by atoms with E-state index in [0.29, 0.717) is 10.8 Å². The van der Waals surface area contributed by atoms with Crippen LogP contribution in [0, 0.1) is 0 Å². The van der Waals surface area contributed by atoms with E-state index in [9.17, 15) is 13.2 Å². The van der Waals surface area contributed by atoms with Crippen LogP contribution in [0.1, 0.15) is 11.1 Å². The van der Waals surface area contributed by atoms with Gasteiger partial charge in [0.15, 0.2) is 0 Å². The molecule has 0 spiro atoms. The average molecular weight is 332 g/mol. The monoisotopic (exact) mass is 331 g/mol. The van der Waals surface area contributed by atoms with E-state index in [4.69, 9.17) is 22.1 Å². The highest BCUT2D eigenvalue weighted by Crippen LogP contribution is 2.35. The molecule has 0 aliphatic rings. The van der Waals surface area contributed by atoms with Crippen molar-refractivity contribution in [3.05, 3.63) is 58.6 Å². The third kappa shape index (κ3) is 3.86. The molecule has 0 atom stereocenters. The number of alkyl halides is 3. The van der Waals surface area contributed by atoms with Crippen LogP contribution in [0.15, 0.2) is 42.5 Å². The maximum atomic E-state index is 13.0. The molecule has 110 valence electrons. The van der Waals surface area contributed by atoms with Crippen LogP contribution in [-0.2, 0) is 6.18 Å². The zero-order valence-corrected chi connectivity index (χ0v) is 12.0. The summed E-state index contributed by atoms with van der Waals surface area (Å²) in [5.41, 5.74) is 4.13. The lowest BCUT2D eigenvalue weighted by molar-refractivity contribution is -0.137. The van der Waals surface area contributed by atoms with Crippen LogP contribution >= 0.6 is 23.8 Å². The Balaban J connectivity index is 2.40. The molecule has 21 heavy (non-hydrogen) atoms. The smallest absolute Gasteiger partial charge is 0.417 e. The van der Waals surface area contributed by atoms with Crippen molar-refractivity contribution in [1.82, 2.24) is 0 Å². The summed E-state index contributed by atoms with van der Waals surface area (Å²) >= 11 is 10.4. The van der Waals surface area contributed by atoms with Crippen molar-refractivity contribution in [2.45, 2.75) is 6.18 Å². The number of rotatable bonds is 3. The fourth-order valence-electron chi connectivity index (χ4n) is 1.70. The van der Waals surface area contributed by atoms with Gasteiger partial charge in [0.2, 0.25) is 0 Å². The second-order valence-corrected chi connectivity index (χ2v) is 5.01. The SMILES string of the molecule is NC(=S)c1ccc(Oc2cccc(Cl)c2)cc1C(F)(F)F. The Kier molecular flexibility index (Phi) is 4.39. The Hall–Kier alpha value is -1.79. The van der Waals surface area contributed by atoms with Gasteiger partial charge in [0.25, 0.3) is 0 Å². The summed E-state index contributed by atoms with van der Waals surface area (Å²) in [5.74, 6) is 0.350. The molecule has 0 saturated heterocycles. The zero-order chi connectivity index (χ0) is 15.6. The van der Waals surface area contributed by atoms with Crippen LogP contribution in [-0.4, -0.2) is 4.99 Å². The van der Waals surface area contributed by atoms with E-state index in [-0.39, 0.29) is 16.3 Å². The van der Waals surface area contributed by atoms with Crippen molar-refractivity contribution < 1.29 is 17.9 Å². The van der Waals surface area contributed by atoms with Gasteiger partial charge in [0, 0.05) is 10.6 Å². The Bertz CT molecular complexity index is 688. The number of hydrogen-bond acceptors (Lipinski definition) is 2. The predicted molar refractivity (Wildman–Crippen MR) is 78.9 cm³/mol. The number of nitrogens with two attached hydrogens (primary N) is 1. The van der Waals surface area contributed by atoms with Crippen molar-refractivity contribution in [2.75, 3.05) is 0 Å². The van der Waals surface area contributed by atoms with Crippen LogP contribution in [0.25, 0.3) is 0 Å². The highest BCUT2D eigenvalue weighted by Gasteiger charge is 2.34. The van der Waals surface area contributed by atoms with Gasteiger partial charge in [0.05, 0.1) is 5.56 Å². The van der Waals surface area contributed by atoms with Crippen LogP contribution in [0.2, 0.25) is 5.02 Å². The van der Waals surface area contributed by atoms with Gasteiger partial charge in [-0.2, -0.15) is 13.2 Å². The third-order valence-electron chi connectivity index (χ3n) is 2.59. The lowest BCUT2D eigenvalue weighted by atomic mass is 10.1. The molecule has 0 amide bonds. The van der Waals surface area contributed by atoms with E-state index in [1.807, 2.05) is 0 Å². The Morgan fingerprint density at radius 3 is 2.33 bits per heavy atom. The molecule has 0 unspecified atom stereocenters. The van der Waals surface area contributed by atoms with Gasteiger partial charge >= 0.3 is 6.18 Å². The third-order valence-corrected chi connectivity index (χ3v) is 3.05. The van der Waals surface area contributed by atoms with Crippen LogP contribution < -0.4 is 10.5 Å². The summed E-state index contributed by atoms with van der Waals surface area (Å²) in [4.78, 5) is -0.323. The Morgan fingerprint density at radius 2 is 1.76 bits per heavy atom. The molecule has 0 aliphatic heterocycles. The second kappa shape index (κ2) is 5.91. The van der Waals surface area contributed by atoms with Crippen molar-refractivity contribution in [2.24, 2.45) is 5.73 Å². The molecule has 2 aromatic carbocycles. The first kappa shape index (κ1) is 15.6. The van der Waals surface area contributed by atoms with Crippen molar-refractivity contribution in [3.8, 4) is 11.5 Å². The Labute approximate surface area is 129 Å². The molecule has 0 fully saturated rings. The van der Waals surface area contributed by atoms with Gasteiger partial charge in [0.1, 0.15) is 16.5 Å². The van der Waals surface area contributed by atoms with Crippen molar-refractivity contribution in [3.63, 3.8) is 0 Å². The van der Waals surface area contributed by atoms with Crippen LogP contribution in [0.4, 0.5) is 13.2 Å². The number of thiocarbonyl (C=S) groups is 1. The van der Waals surface area contributed by atoms with E-state index in [1.54, 1.807) is 18.2 Å². The maximum absolute atomic E-state index is 13.0. The van der Waals surface area contributed by atoms with E-state index >= 15 is 0 Å². The molecule has 0 saturated carbocycles. The van der Waals surface area contributed by atoms with Crippen molar-refractivity contribution >= 4 is 28.8 Å². The zero-order valence-electron chi connectivity index (χ0n) is 10.4. The van der Waals surface area contributed by atoms with Crippen LogP contribution in [0.3, 0.4) is 0 Å². The minimum atomic E-state index is -4.58. The number of benzene rings is 2. The van der Waals surface area contributed by atoms with Gasteiger partial charge < -0.3 is 10.5 Å². The molecule has 0 aromatic heterocycles. The molecule has 0 aliphatic carbocycles. The molecule has 0 radical (unpaired) electrons. The van der Waals surface area contributed by atoms with E-state index in [1.165, 1.54) is 18.2 Å². The lowest BCUT2D eigenvalue weighted by Crippen LogP contribution is -2.17. The first-order valence-electron chi connectivity index (χ1n) is 5.72. The topological polar surface area (TPSA) is 35.2 Å². The van der Waals surface area contributed by atoms with E-state index in [0.717, 1.165) is 6.07 Å². The molecule has 2 N–H and O–H groups in total. The minimum Gasteiger partial charge on any atom is -0.457 e. The standard InChI is InChI=1S/C14H9ClF3NOS/c15-8-2-1-3-9(6-8)20-10-4-5-11(13(19)21)12(7-10)14(16,17)18/h1-7H,(H2,19,21). The predicted octanol–water partition coefficient (Wildman–Crippen LogP) is 4.79. The highest BCUT2D eigenvalue weighted by atomic mass is 35.5. The Morgan fingerprint density at radius 1 is 1.10 bits per heavy atom. The normalized spacial score (nSPS) is 11.2. The quantitative estimate of drug-likeness (QED) is 0.822. The highest BCUT2D eigenvalue weighted by molar-refractivity contribution is 7.80. The fraction of sp³-hybridized carbons (Fsp3) is 0.0714. The lowest BCUT2D eigenvalue weighted by Gasteiger charge is -2.14. The van der Waals surface area contributed by atoms with E-state index < -0.39 is 11.7 Å². The van der Waals surface area contributed by atoms with Gasteiger partial charge in [-0.25, -0.2) is 0 Å². The van der Waals surface area contributed by atoms with Gasteiger partial charge in [-0.15, -0.1) is 0 Å². The molecule has 0 bridgehead atoms. The summed E-state index contributed by atoms with van der Waals surface area (Å²) in [7, 11) is 0. The molecule has 2 rings (SSSR count). The maximum Gasteiger partial charge on any atom is 0.417 e. The number of halogens is 4. The molecular weight excluding hydrogens is 323 g/mol. The first-order valence-corrected chi connectivity index (χ1v) is 6.50. The minimum absolute atomic E-state index is 0.0181. The molecular formula is C14H9ClF3NOS. The molecule has 2 aromatic rings. The average Bonchev–Trinajstić information content (AvgIpc) is 2.37. The van der Waals surface area contributed by atoms with E-state index in [2.05, 4.69) is 12.2 Å². The summed E-state index contributed by atoms with van der Waals surface area (Å²) in [6, 6.07) is 9.75.